The average molecular weight is 525 g/mol. The van der Waals surface area contributed by atoms with E-state index in [0.29, 0.717) is 0 Å². The van der Waals surface area contributed by atoms with Gasteiger partial charge in [-0.25, -0.2) is 9.59 Å². The summed E-state index contributed by atoms with van der Waals surface area (Å²) in [5.74, 6) is -1.60. The number of rotatable bonds is 11. The van der Waals surface area contributed by atoms with Crippen LogP contribution < -0.4 is 0 Å². The highest BCUT2D eigenvalue weighted by atomic mass is 16.5. The van der Waals surface area contributed by atoms with Gasteiger partial charge in [-0.2, -0.15) is 0 Å². The molecule has 1 rings (SSSR count). The number of unbranched alkanes of at least 4 members (excludes halogenated alkanes) is 3. The standard InChI is InChI=1S/C9H8O4.2C5H12O2.C4H10O2.C2H6O/c1-13-9(12)7-4-2-3-6(5-7)8(10)11;1-5(2,3-6)4-7;6-4-2-1-3-5-7;5-3-1-2-4-6;1-2-3/h2-5H,1H3,(H,10,11);6-7H,3-4H2,1-2H3;6-7H,1-5H2;5-6H,1-4H2;3H,2H2,1H3. The van der Waals surface area contributed by atoms with Crippen LogP contribution in [0.5, 0.6) is 0 Å². The lowest BCUT2D eigenvalue weighted by Crippen LogP contribution is -2.20. The number of methoxy groups -OCH3 is 1. The third-order valence-electron chi connectivity index (χ3n) is 3.77. The van der Waals surface area contributed by atoms with Gasteiger partial charge >= 0.3 is 11.9 Å². The second kappa shape index (κ2) is 30.9. The number of ether oxygens (including phenoxy) is 1. The lowest BCUT2D eigenvalue weighted by molar-refractivity contribution is 0.0600. The predicted octanol–water partition coefficient (Wildman–Crippen LogP) is 1.06. The topological polar surface area (TPSA) is 205 Å². The summed E-state index contributed by atoms with van der Waals surface area (Å²) >= 11 is 0. The molecule has 0 aromatic heterocycles. The van der Waals surface area contributed by atoms with Crippen LogP contribution in [0.1, 0.15) is 73.6 Å². The fourth-order valence-electron chi connectivity index (χ4n) is 1.57. The lowest BCUT2D eigenvalue weighted by Gasteiger charge is -2.16. The number of esters is 1. The Balaban J connectivity index is -0.000000193. The fourth-order valence-corrected chi connectivity index (χ4v) is 1.57. The summed E-state index contributed by atoms with van der Waals surface area (Å²) in [5.41, 5.74) is 0.00491. The monoisotopic (exact) mass is 524 g/mol. The van der Waals surface area contributed by atoms with Crippen molar-refractivity contribution in [3.05, 3.63) is 35.4 Å². The Hall–Kier alpha value is -2.12. The van der Waals surface area contributed by atoms with Crippen LogP contribution >= 0.6 is 0 Å². The third-order valence-corrected chi connectivity index (χ3v) is 3.77. The van der Waals surface area contributed by atoms with Gasteiger partial charge in [0.25, 0.3) is 0 Å². The molecule has 36 heavy (non-hydrogen) atoms. The molecule has 0 spiro atoms. The van der Waals surface area contributed by atoms with E-state index in [4.69, 9.17) is 40.9 Å². The second-order valence-electron chi connectivity index (χ2n) is 7.84. The zero-order valence-electron chi connectivity index (χ0n) is 22.1. The first-order chi connectivity index (χ1) is 17.0. The van der Waals surface area contributed by atoms with Gasteiger partial charge in [0.15, 0.2) is 0 Å². The number of aliphatic hydroxyl groups excluding tert-OH is 7. The van der Waals surface area contributed by atoms with Crippen LogP contribution in [0.15, 0.2) is 24.3 Å². The normalized spacial score (nSPS) is 9.53. The van der Waals surface area contributed by atoms with Crippen LogP contribution in [0.2, 0.25) is 0 Å². The summed E-state index contributed by atoms with van der Waals surface area (Å²) in [4.78, 5) is 21.5. The molecule has 0 unspecified atom stereocenters. The molecule has 0 fully saturated rings. The van der Waals surface area contributed by atoms with E-state index >= 15 is 0 Å². The maximum atomic E-state index is 11.0. The van der Waals surface area contributed by atoms with Crippen molar-refractivity contribution in [1.82, 2.24) is 0 Å². The predicted molar refractivity (Wildman–Crippen MR) is 137 cm³/mol. The smallest absolute Gasteiger partial charge is 0.337 e. The van der Waals surface area contributed by atoms with Gasteiger partial charge in [0.05, 0.1) is 31.5 Å². The molecule has 0 heterocycles. The number of carbonyl (C=O) groups excluding carboxylic acids is 1. The van der Waals surface area contributed by atoms with Crippen LogP contribution in [-0.4, -0.2) is 106 Å². The Labute approximate surface area is 214 Å². The van der Waals surface area contributed by atoms with E-state index in [-0.39, 0.29) is 62.8 Å². The molecular formula is C25H48O11. The van der Waals surface area contributed by atoms with Crippen molar-refractivity contribution in [3.8, 4) is 0 Å². The van der Waals surface area contributed by atoms with Crippen LogP contribution in [-0.2, 0) is 4.74 Å². The summed E-state index contributed by atoms with van der Waals surface area (Å²) in [6.45, 7) is 6.51. The molecule has 0 aliphatic carbocycles. The molecule has 0 atom stereocenters. The molecule has 1 aromatic rings. The molecule has 0 saturated heterocycles. The quantitative estimate of drug-likeness (QED) is 0.152. The van der Waals surface area contributed by atoms with Crippen molar-refractivity contribution in [2.45, 2.75) is 52.9 Å². The lowest BCUT2D eigenvalue weighted by atomic mass is 9.97. The Morgan fingerprint density at radius 3 is 1.39 bits per heavy atom. The van der Waals surface area contributed by atoms with Gasteiger partial charge in [-0.05, 0) is 57.2 Å². The molecule has 0 bridgehead atoms. The van der Waals surface area contributed by atoms with E-state index < -0.39 is 11.9 Å². The molecule has 0 radical (unpaired) electrons. The van der Waals surface area contributed by atoms with Gasteiger partial charge in [0.1, 0.15) is 0 Å². The maximum Gasteiger partial charge on any atom is 0.337 e. The van der Waals surface area contributed by atoms with E-state index in [1.54, 1.807) is 20.8 Å². The molecule has 0 saturated carbocycles. The number of hydrogen-bond donors (Lipinski definition) is 8. The summed E-state index contributed by atoms with van der Waals surface area (Å²) in [6.07, 6.45) is 4.02. The zero-order chi connectivity index (χ0) is 28.8. The van der Waals surface area contributed by atoms with Gasteiger partial charge in [0.2, 0.25) is 0 Å². The minimum absolute atomic E-state index is 0.0451. The molecule has 8 N–H and O–H groups in total. The largest absolute Gasteiger partial charge is 0.478 e. The van der Waals surface area contributed by atoms with Crippen molar-refractivity contribution < 1.29 is 55.2 Å². The summed E-state index contributed by atoms with van der Waals surface area (Å²) in [6, 6.07) is 5.68. The van der Waals surface area contributed by atoms with Crippen molar-refractivity contribution in [2.24, 2.45) is 5.41 Å². The molecule has 0 amide bonds. The third kappa shape index (κ3) is 31.9. The van der Waals surface area contributed by atoms with Gasteiger partial charge < -0.3 is 45.6 Å². The first-order valence-electron chi connectivity index (χ1n) is 11.7. The zero-order valence-corrected chi connectivity index (χ0v) is 22.1. The summed E-state index contributed by atoms with van der Waals surface area (Å²) < 4.78 is 4.44. The molecule has 11 heteroatoms. The van der Waals surface area contributed by atoms with Crippen LogP contribution in [0.3, 0.4) is 0 Å². The van der Waals surface area contributed by atoms with E-state index in [2.05, 4.69) is 4.74 Å². The van der Waals surface area contributed by atoms with Crippen LogP contribution in [0.4, 0.5) is 0 Å². The minimum Gasteiger partial charge on any atom is -0.478 e. The average Bonchev–Trinajstić information content (AvgIpc) is 2.89. The number of carboxylic acid groups (broad SMARTS) is 1. The molecule has 0 aliphatic rings. The van der Waals surface area contributed by atoms with Gasteiger partial charge in [-0.3, -0.25) is 0 Å². The van der Waals surface area contributed by atoms with Gasteiger partial charge in [-0.1, -0.05) is 19.9 Å². The fraction of sp³-hybridized carbons (Fsp3) is 0.680. The highest BCUT2D eigenvalue weighted by molar-refractivity contribution is 5.94. The van der Waals surface area contributed by atoms with E-state index in [0.717, 1.165) is 32.1 Å². The molecule has 214 valence electrons. The molecule has 0 aliphatic heterocycles. The van der Waals surface area contributed by atoms with Gasteiger partial charge in [-0.15, -0.1) is 0 Å². The minimum atomic E-state index is -1.06. The van der Waals surface area contributed by atoms with E-state index in [1.807, 2.05) is 0 Å². The molecular weight excluding hydrogens is 476 g/mol. The van der Waals surface area contributed by atoms with Crippen LogP contribution in [0, 0.1) is 5.41 Å². The van der Waals surface area contributed by atoms with Crippen molar-refractivity contribution in [1.29, 1.82) is 0 Å². The Morgan fingerprint density at radius 2 is 1.11 bits per heavy atom. The van der Waals surface area contributed by atoms with Gasteiger partial charge in [0, 0.05) is 38.4 Å². The number of aromatic carboxylic acids is 1. The number of carboxylic acids is 1. The molecule has 11 nitrogen and oxygen atoms in total. The SMILES string of the molecule is CC(C)(CO)CO.CCO.COC(=O)c1cccc(C(=O)O)c1.OCCCCCO.OCCCCO. The Bertz CT molecular complexity index is 593. The highest BCUT2D eigenvalue weighted by Crippen LogP contribution is 2.10. The van der Waals surface area contributed by atoms with Crippen molar-refractivity contribution in [2.75, 3.05) is 53.4 Å². The van der Waals surface area contributed by atoms with Crippen LogP contribution in [0.25, 0.3) is 0 Å². The number of aliphatic hydroxyl groups is 7. The number of carbonyl (C=O) groups is 2. The van der Waals surface area contributed by atoms with Crippen molar-refractivity contribution >= 4 is 11.9 Å². The summed E-state index contributed by atoms with van der Waals surface area (Å²) in [7, 11) is 1.25. The molecule has 1 aromatic carbocycles. The Morgan fingerprint density at radius 1 is 0.750 bits per heavy atom. The number of hydrogen-bond acceptors (Lipinski definition) is 10. The number of benzene rings is 1. The van der Waals surface area contributed by atoms with E-state index in [9.17, 15) is 9.59 Å². The first-order valence-corrected chi connectivity index (χ1v) is 11.7. The Kier molecular flexibility index (Phi) is 35.2. The summed E-state index contributed by atoms with van der Waals surface area (Å²) in [5, 5.41) is 65.6. The second-order valence-corrected chi connectivity index (χ2v) is 7.84. The maximum absolute atomic E-state index is 11.0. The van der Waals surface area contributed by atoms with Crippen molar-refractivity contribution in [3.63, 3.8) is 0 Å². The van der Waals surface area contributed by atoms with E-state index in [1.165, 1.54) is 31.4 Å². The highest BCUT2D eigenvalue weighted by Gasteiger charge is 2.13. The first kappa shape index (κ1) is 41.0.